The van der Waals surface area contributed by atoms with E-state index in [1.807, 2.05) is 30.3 Å². The van der Waals surface area contributed by atoms with Gasteiger partial charge >= 0.3 is 0 Å². The van der Waals surface area contributed by atoms with Crippen molar-refractivity contribution < 1.29 is 18.8 Å². The first-order valence-corrected chi connectivity index (χ1v) is 8.09. The van der Waals surface area contributed by atoms with Crippen molar-refractivity contribution in [2.24, 2.45) is 0 Å². The fraction of sp³-hybridized carbons (Fsp3) is 0.118. The van der Waals surface area contributed by atoms with E-state index in [-0.39, 0.29) is 35.9 Å². The molecule has 3 amide bonds. The number of nitrogens with zero attached hydrogens (tertiary/aromatic N) is 1. The minimum absolute atomic E-state index is 0.114. The Hall–Kier alpha value is -2.80. The third-order valence-electron chi connectivity index (χ3n) is 3.34. The molecule has 1 N–H and O–H groups in total. The number of benzene rings is 1. The van der Waals surface area contributed by atoms with Gasteiger partial charge in [0.2, 0.25) is 0 Å². The van der Waals surface area contributed by atoms with Crippen molar-refractivity contribution in [3.8, 4) is 0 Å². The van der Waals surface area contributed by atoms with Gasteiger partial charge in [-0.1, -0.05) is 30.3 Å². The summed E-state index contributed by atoms with van der Waals surface area (Å²) in [6.45, 7) is 0.277. The predicted octanol–water partition coefficient (Wildman–Crippen LogP) is 2.75. The first-order chi connectivity index (χ1) is 11.6. The van der Waals surface area contributed by atoms with Crippen LogP contribution >= 0.6 is 11.8 Å². The summed E-state index contributed by atoms with van der Waals surface area (Å²) in [5.74, 6) is -0.541. The van der Waals surface area contributed by atoms with Crippen LogP contribution in [0.1, 0.15) is 16.1 Å². The van der Waals surface area contributed by atoms with Gasteiger partial charge in [-0.2, -0.15) is 0 Å². The number of nitrogens with one attached hydrogen (secondary N) is 1. The Morgan fingerprint density at radius 2 is 1.96 bits per heavy atom. The molecule has 2 heterocycles. The number of furan rings is 1. The molecule has 0 unspecified atom stereocenters. The second-order valence-electron chi connectivity index (χ2n) is 4.98. The highest BCUT2D eigenvalue weighted by atomic mass is 32.2. The van der Waals surface area contributed by atoms with Gasteiger partial charge in [0, 0.05) is 13.1 Å². The SMILES string of the molecule is O=C(NCCN1C(=O)S/C(=C/c2ccccc2)C1=O)c1ccco1. The lowest BCUT2D eigenvalue weighted by atomic mass is 10.2. The molecule has 1 aromatic carbocycles. The summed E-state index contributed by atoms with van der Waals surface area (Å²) < 4.78 is 4.97. The average molecular weight is 342 g/mol. The van der Waals surface area contributed by atoms with Crippen LogP contribution in [0.2, 0.25) is 0 Å². The van der Waals surface area contributed by atoms with E-state index < -0.39 is 0 Å². The summed E-state index contributed by atoms with van der Waals surface area (Å²) >= 11 is 0.901. The second-order valence-corrected chi connectivity index (χ2v) is 5.97. The van der Waals surface area contributed by atoms with Crippen LogP contribution in [0.25, 0.3) is 6.08 Å². The van der Waals surface area contributed by atoms with Gasteiger partial charge in [-0.3, -0.25) is 19.3 Å². The number of carbonyl (C=O) groups is 3. The Kier molecular flexibility index (Phi) is 4.81. The number of hydrogen-bond donors (Lipinski definition) is 1. The van der Waals surface area contributed by atoms with Crippen LogP contribution in [-0.2, 0) is 4.79 Å². The lowest BCUT2D eigenvalue weighted by Crippen LogP contribution is -2.37. The maximum Gasteiger partial charge on any atom is 0.293 e. The maximum atomic E-state index is 12.3. The molecule has 0 atom stereocenters. The lowest BCUT2D eigenvalue weighted by Gasteiger charge is -2.12. The molecule has 1 saturated heterocycles. The van der Waals surface area contributed by atoms with Crippen molar-refractivity contribution in [1.82, 2.24) is 10.2 Å². The predicted molar refractivity (Wildman–Crippen MR) is 90.2 cm³/mol. The van der Waals surface area contributed by atoms with Crippen LogP contribution in [0.4, 0.5) is 4.79 Å². The van der Waals surface area contributed by atoms with E-state index in [4.69, 9.17) is 4.42 Å². The van der Waals surface area contributed by atoms with Crippen molar-refractivity contribution >= 4 is 34.9 Å². The first kappa shape index (κ1) is 16.1. The summed E-state index contributed by atoms with van der Waals surface area (Å²) in [6.07, 6.45) is 3.09. The van der Waals surface area contributed by atoms with E-state index in [2.05, 4.69) is 5.32 Å². The van der Waals surface area contributed by atoms with Crippen molar-refractivity contribution in [2.45, 2.75) is 0 Å². The van der Waals surface area contributed by atoms with Crippen molar-refractivity contribution in [3.05, 3.63) is 65.0 Å². The van der Waals surface area contributed by atoms with Crippen molar-refractivity contribution in [3.63, 3.8) is 0 Å². The Balaban J connectivity index is 1.59. The highest BCUT2D eigenvalue weighted by molar-refractivity contribution is 8.18. The molecule has 0 spiro atoms. The highest BCUT2D eigenvalue weighted by Gasteiger charge is 2.34. The second kappa shape index (κ2) is 7.18. The minimum atomic E-state index is -0.383. The van der Waals surface area contributed by atoms with E-state index >= 15 is 0 Å². The normalized spacial score (nSPS) is 16.0. The van der Waals surface area contributed by atoms with E-state index in [1.165, 1.54) is 12.3 Å². The number of rotatable bonds is 5. The number of carbonyl (C=O) groups excluding carboxylic acids is 3. The van der Waals surface area contributed by atoms with Gasteiger partial charge in [0.05, 0.1) is 11.2 Å². The van der Waals surface area contributed by atoms with Crippen LogP contribution in [0.5, 0.6) is 0 Å². The Labute approximate surface area is 142 Å². The lowest BCUT2D eigenvalue weighted by molar-refractivity contribution is -0.122. The molecule has 1 aliphatic rings. The molecule has 24 heavy (non-hydrogen) atoms. The van der Waals surface area contributed by atoms with Gasteiger partial charge < -0.3 is 9.73 Å². The summed E-state index contributed by atoms with van der Waals surface area (Å²) in [5, 5.41) is 2.27. The number of hydrogen-bond acceptors (Lipinski definition) is 5. The Morgan fingerprint density at radius 3 is 2.67 bits per heavy atom. The molecular formula is C17H14N2O4S. The monoisotopic (exact) mass is 342 g/mol. The van der Waals surface area contributed by atoms with Gasteiger partial charge in [0.15, 0.2) is 5.76 Å². The molecule has 122 valence electrons. The van der Waals surface area contributed by atoms with Gasteiger partial charge in [-0.05, 0) is 35.5 Å². The first-order valence-electron chi connectivity index (χ1n) is 7.27. The molecule has 6 nitrogen and oxygen atoms in total. The van der Waals surface area contributed by atoms with E-state index in [9.17, 15) is 14.4 Å². The van der Waals surface area contributed by atoms with Gasteiger partial charge in [-0.25, -0.2) is 0 Å². The molecule has 1 aliphatic heterocycles. The fourth-order valence-corrected chi connectivity index (χ4v) is 3.03. The molecule has 7 heteroatoms. The van der Waals surface area contributed by atoms with E-state index in [1.54, 1.807) is 12.1 Å². The number of imide groups is 1. The van der Waals surface area contributed by atoms with Crippen LogP contribution in [-0.4, -0.2) is 35.0 Å². The van der Waals surface area contributed by atoms with Gasteiger partial charge in [0.1, 0.15) is 0 Å². The largest absolute Gasteiger partial charge is 0.459 e. The summed E-state index contributed by atoms with van der Waals surface area (Å²) in [7, 11) is 0. The number of thioether (sulfide) groups is 1. The third kappa shape index (κ3) is 3.57. The third-order valence-corrected chi connectivity index (χ3v) is 4.24. The van der Waals surface area contributed by atoms with Gasteiger partial charge in [-0.15, -0.1) is 0 Å². The zero-order valence-corrected chi connectivity index (χ0v) is 13.4. The molecule has 0 saturated carbocycles. The van der Waals surface area contributed by atoms with E-state index in [0.29, 0.717) is 4.91 Å². The van der Waals surface area contributed by atoms with Crippen LogP contribution in [0.3, 0.4) is 0 Å². The number of amides is 3. The average Bonchev–Trinajstić information content (AvgIpc) is 3.20. The van der Waals surface area contributed by atoms with Crippen LogP contribution < -0.4 is 5.32 Å². The van der Waals surface area contributed by atoms with Gasteiger partial charge in [0.25, 0.3) is 17.1 Å². The maximum absolute atomic E-state index is 12.3. The molecule has 3 rings (SSSR count). The van der Waals surface area contributed by atoms with Crippen LogP contribution in [0.15, 0.2) is 58.1 Å². The zero-order chi connectivity index (χ0) is 16.9. The molecule has 1 fully saturated rings. The molecule has 2 aromatic rings. The summed E-state index contributed by atoms with van der Waals surface area (Å²) in [4.78, 5) is 37.5. The van der Waals surface area contributed by atoms with Crippen LogP contribution in [0, 0.1) is 0 Å². The zero-order valence-electron chi connectivity index (χ0n) is 12.6. The minimum Gasteiger partial charge on any atom is -0.459 e. The fourth-order valence-electron chi connectivity index (χ4n) is 2.17. The standard InChI is InChI=1S/C17H14N2O4S/c20-15(13-7-4-10-23-13)18-8-9-19-16(21)14(24-17(19)22)11-12-5-2-1-3-6-12/h1-7,10-11H,8-9H2,(H,18,20)/b14-11+. The highest BCUT2D eigenvalue weighted by Crippen LogP contribution is 2.31. The molecule has 1 aromatic heterocycles. The van der Waals surface area contributed by atoms with Crippen molar-refractivity contribution in [2.75, 3.05) is 13.1 Å². The Bertz CT molecular complexity index is 784. The van der Waals surface area contributed by atoms with Crippen molar-refractivity contribution in [1.29, 1.82) is 0 Å². The topological polar surface area (TPSA) is 79.6 Å². The molecular weight excluding hydrogens is 328 g/mol. The Morgan fingerprint density at radius 1 is 1.17 bits per heavy atom. The summed E-state index contributed by atoms with van der Waals surface area (Å²) in [5.41, 5.74) is 0.856. The van der Waals surface area contributed by atoms with E-state index in [0.717, 1.165) is 22.2 Å². The summed E-state index contributed by atoms with van der Waals surface area (Å²) in [6, 6.07) is 12.5. The molecule has 0 radical (unpaired) electrons. The quantitative estimate of drug-likeness (QED) is 0.845. The molecule has 0 aliphatic carbocycles. The smallest absolute Gasteiger partial charge is 0.293 e. The molecule has 0 bridgehead atoms.